The fourth-order valence-corrected chi connectivity index (χ4v) is 1.19. The lowest BCUT2D eigenvalue weighted by atomic mass is 10.1. The summed E-state index contributed by atoms with van der Waals surface area (Å²) in [4.78, 5) is 10.8. The number of amides is 1. The molecular formula is C10H13FN2O. The smallest absolute Gasteiger partial charge is 0.221 e. The number of rotatable bonds is 1. The molecule has 1 amide bonds. The summed E-state index contributed by atoms with van der Waals surface area (Å²) in [6, 6.07) is 1.66. The summed E-state index contributed by atoms with van der Waals surface area (Å²) < 4.78 is 13.4. The Morgan fingerprint density at radius 1 is 1.50 bits per heavy atom. The number of carbonyl (C=O) groups excluding carboxylic acids is 1. The number of halogens is 1. The lowest BCUT2D eigenvalue weighted by molar-refractivity contribution is -0.114. The van der Waals surface area contributed by atoms with Gasteiger partial charge in [-0.2, -0.15) is 0 Å². The third kappa shape index (κ3) is 1.84. The summed E-state index contributed by atoms with van der Waals surface area (Å²) >= 11 is 0. The van der Waals surface area contributed by atoms with Crippen molar-refractivity contribution in [3.05, 3.63) is 23.0 Å². The average Bonchev–Trinajstić information content (AvgIpc) is 2.10. The van der Waals surface area contributed by atoms with Crippen molar-refractivity contribution < 1.29 is 9.18 Å². The highest BCUT2D eigenvalue weighted by atomic mass is 19.1. The fourth-order valence-electron chi connectivity index (χ4n) is 1.19. The Kier molecular flexibility index (Phi) is 2.74. The van der Waals surface area contributed by atoms with Crippen molar-refractivity contribution in [2.75, 3.05) is 11.1 Å². The van der Waals surface area contributed by atoms with Crippen molar-refractivity contribution in [3.63, 3.8) is 0 Å². The Morgan fingerprint density at radius 2 is 2.07 bits per heavy atom. The molecule has 0 fully saturated rings. The minimum absolute atomic E-state index is 0.0108. The van der Waals surface area contributed by atoms with Crippen LogP contribution in [-0.4, -0.2) is 5.91 Å². The van der Waals surface area contributed by atoms with Crippen LogP contribution in [0.15, 0.2) is 6.07 Å². The van der Waals surface area contributed by atoms with Crippen molar-refractivity contribution in [3.8, 4) is 0 Å². The molecule has 0 aliphatic heterocycles. The van der Waals surface area contributed by atoms with Crippen LogP contribution in [0.25, 0.3) is 0 Å². The van der Waals surface area contributed by atoms with Crippen LogP contribution in [0.5, 0.6) is 0 Å². The third-order valence-electron chi connectivity index (χ3n) is 2.12. The van der Waals surface area contributed by atoms with E-state index in [1.54, 1.807) is 19.9 Å². The zero-order valence-corrected chi connectivity index (χ0v) is 8.44. The Balaban J connectivity index is 3.25. The minimum Gasteiger partial charge on any atom is -0.395 e. The maximum Gasteiger partial charge on any atom is 0.221 e. The van der Waals surface area contributed by atoms with Crippen LogP contribution < -0.4 is 11.1 Å². The number of benzene rings is 1. The predicted octanol–water partition coefficient (Wildman–Crippen LogP) is 1.98. The van der Waals surface area contributed by atoms with Crippen molar-refractivity contribution >= 4 is 17.3 Å². The van der Waals surface area contributed by atoms with Crippen LogP contribution >= 0.6 is 0 Å². The van der Waals surface area contributed by atoms with Gasteiger partial charge in [-0.15, -0.1) is 0 Å². The van der Waals surface area contributed by atoms with E-state index in [0.717, 1.165) is 5.56 Å². The highest BCUT2D eigenvalue weighted by Crippen LogP contribution is 2.27. The molecule has 0 aliphatic carbocycles. The maximum atomic E-state index is 13.4. The standard InChI is InChI=1S/C10H13FN2O/c1-5-4-8(13-7(3)14)10(12)9(11)6(5)2/h4H,12H2,1-3H3,(H,13,14). The molecule has 0 radical (unpaired) electrons. The average molecular weight is 196 g/mol. The maximum absolute atomic E-state index is 13.4. The third-order valence-corrected chi connectivity index (χ3v) is 2.12. The molecule has 14 heavy (non-hydrogen) atoms. The molecule has 0 aromatic heterocycles. The van der Waals surface area contributed by atoms with Crippen molar-refractivity contribution in [2.24, 2.45) is 0 Å². The number of hydrogen-bond acceptors (Lipinski definition) is 2. The molecule has 4 heteroatoms. The number of nitrogen functional groups attached to an aromatic ring is 1. The van der Waals surface area contributed by atoms with Crippen molar-refractivity contribution in [2.45, 2.75) is 20.8 Å². The summed E-state index contributed by atoms with van der Waals surface area (Å²) in [6.07, 6.45) is 0. The van der Waals surface area contributed by atoms with Crippen LogP contribution in [-0.2, 0) is 4.79 Å². The van der Waals surface area contributed by atoms with Crippen LogP contribution in [0, 0.1) is 19.7 Å². The summed E-state index contributed by atoms with van der Waals surface area (Å²) in [6.45, 7) is 4.77. The summed E-state index contributed by atoms with van der Waals surface area (Å²) in [7, 11) is 0. The Bertz CT molecular complexity index is 388. The van der Waals surface area contributed by atoms with Gasteiger partial charge >= 0.3 is 0 Å². The number of anilines is 2. The normalized spacial score (nSPS) is 10.0. The van der Waals surface area contributed by atoms with Gasteiger partial charge in [-0.3, -0.25) is 4.79 Å². The number of nitrogens with one attached hydrogen (secondary N) is 1. The second-order valence-corrected chi connectivity index (χ2v) is 3.27. The molecule has 0 saturated heterocycles. The van der Waals surface area contributed by atoms with Crippen LogP contribution in [0.4, 0.5) is 15.8 Å². The van der Waals surface area contributed by atoms with E-state index in [9.17, 15) is 9.18 Å². The van der Waals surface area contributed by atoms with E-state index in [4.69, 9.17) is 5.73 Å². The molecule has 0 aliphatic rings. The summed E-state index contributed by atoms with van der Waals surface area (Å²) in [5.74, 6) is -0.729. The van der Waals surface area contributed by atoms with Crippen molar-refractivity contribution in [1.29, 1.82) is 0 Å². The Labute approximate surface area is 82.1 Å². The van der Waals surface area contributed by atoms with Gasteiger partial charge in [0.1, 0.15) is 0 Å². The molecule has 1 rings (SSSR count). The SMILES string of the molecule is CC(=O)Nc1cc(C)c(C)c(F)c1N. The van der Waals surface area contributed by atoms with E-state index in [2.05, 4.69) is 5.32 Å². The largest absolute Gasteiger partial charge is 0.395 e. The zero-order valence-electron chi connectivity index (χ0n) is 8.44. The molecule has 1 aromatic rings. The van der Waals surface area contributed by atoms with Gasteiger partial charge in [0.15, 0.2) is 5.82 Å². The highest BCUT2D eigenvalue weighted by molar-refractivity contribution is 5.92. The minimum atomic E-state index is -0.464. The molecule has 0 bridgehead atoms. The van der Waals surface area contributed by atoms with Gasteiger partial charge in [-0.25, -0.2) is 4.39 Å². The topological polar surface area (TPSA) is 55.1 Å². The van der Waals surface area contributed by atoms with Crippen LogP contribution in [0.2, 0.25) is 0 Å². The fraction of sp³-hybridized carbons (Fsp3) is 0.300. The molecule has 0 atom stereocenters. The highest BCUT2D eigenvalue weighted by Gasteiger charge is 2.11. The molecule has 0 heterocycles. The first-order valence-corrected chi connectivity index (χ1v) is 4.26. The van der Waals surface area contributed by atoms with Gasteiger partial charge in [0.25, 0.3) is 0 Å². The molecule has 0 spiro atoms. The van der Waals surface area contributed by atoms with E-state index < -0.39 is 5.82 Å². The zero-order chi connectivity index (χ0) is 10.9. The Morgan fingerprint density at radius 3 is 2.57 bits per heavy atom. The molecule has 3 N–H and O–H groups in total. The molecule has 3 nitrogen and oxygen atoms in total. The molecule has 76 valence electrons. The first-order valence-electron chi connectivity index (χ1n) is 4.26. The number of carbonyl (C=O) groups is 1. The number of aryl methyl sites for hydroxylation is 1. The predicted molar refractivity (Wildman–Crippen MR) is 54.6 cm³/mol. The van der Waals surface area contributed by atoms with Gasteiger partial charge in [0, 0.05) is 6.92 Å². The summed E-state index contributed by atoms with van der Waals surface area (Å²) in [5.41, 5.74) is 7.11. The van der Waals surface area contributed by atoms with Crippen molar-refractivity contribution in [1.82, 2.24) is 0 Å². The summed E-state index contributed by atoms with van der Waals surface area (Å²) in [5, 5.41) is 2.48. The lowest BCUT2D eigenvalue weighted by Gasteiger charge is -2.11. The molecule has 0 saturated carbocycles. The number of hydrogen-bond donors (Lipinski definition) is 2. The van der Waals surface area contributed by atoms with Gasteiger partial charge < -0.3 is 11.1 Å². The monoisotopic (exact) mass is 196 g/mol. The first kappa shape index (κ1) is 10.5. The van der Waals surface area contributed by atoms with E-state index in [1.807, 2.05) is 0 Å². The van der Waals surface area contributed by atoms with Crippen LogP contribution in [0.1, 0.15) is 18.1 Å². The van der Waals surface area contributed by atoms with E-state index >= 15 is 0 Å². The van der Waals surface area contributed by atoms with Gasteiger partial charge in [-0.1, -0.05) is 0 Å². The van der Waals surface area contributed by atoms with E-state index in [1.165, 1.54) is 6.92 Å². The second kappa shape index (κ2) is 3.65. The van der Waals surface area contributed by atoms with Gasteiger partial charge in [-0.05, 0) is 31.0 Å². The molecular weight excluding hydrogens is 183 g/mol. The van der Waals surface area contributed by atoms with Crippen LogP contribution in [0.3, 0.4) is 0 Å². The Hall–Kier alpha value is -1.58. The van der Waals surface area contributed by atoms with E-state index in [0.29, 0.717) is 11.3 Å². The second-order valence-electron chi connectivity index (χ2n) is 3.27. The first-order chi connectivity index (χ1) is 6.43. The van der Waals surface area contributed by atoms with E-state index in [-0.39, 0.29) is 11.6 Å². The molecule has 1 aromatic carbocycles. The van der Waals surface area contributed by atoms with Gasteiger partial charge in [0.2, 0.25) is 5.91 Å². The lowest BCUT2D eigenvalue weighted by Crippen LogP contribution is -2.10. The molecule has 0 unspecified atom stereocenters. The quantitative estimate of drug-likeness (QED) is 0.675. The number of nitrogens with two attached hydrogens (primary N) is 1. The van der Waals surface area contributed by atoms with Gasteiger partial charge in [0.05, 0.1) is 11.4 Å².